The number of alkyl halides is 3. The summed E-state index contributed by atoms with van der Waals surface area (Å²) in [5.74, 6) is 0.534. The molecule has 3 aliphatic rings. The first-order valence-corrected chi connectivity index (χ1v) is 13.4. The zero-order chi connectivity index (χ0) is 25.8. The van der Waals surface area contributed by atoms with Crippen LogP contribution < -0.4 is 10.2 Å². The van der Waals surface area contributed by atoms with Crippen LogP contribution >= 0.6 is 0 Å². The summed E-state index contributed by atoms with van der Waals surface area (Å²) in [7, 11) is 0. The fourth-order valence-corrected chi connectivity index (χ4v) is 6.22. The molecule has 3 fully saturated rings. The van der Waals surface area contributed by atoms with Gasteiger partial charge in [0.25, 0.3) is 5.91 Å². The highest BCUT2D eigenvalue weighted by atomic mass is 19.4. The zero-order valence-corrected chi connectivity index (χ0v) is 21.0. The van der Waals surface area contributed by atoms with Crippen molar-refractivity contribution in [1.82, 2.24) is 19.8 Å². The molecule has 4 heterocycles. The molecule has 1 atom stereocenters. The third-order valence-electron chi connectivity index (χ3n) is 8.08. The number of pyridine rings is 2. The Hall–Kier alpha value is -2.72. The largest absolute Gasteiger partial charge is 0.404 e. The minimum absolute atomic E-state index is 0.0547. The number of nitrogens with zero attached hydrogens (tertiary/aromatic N) is 5. The maximum Gasteiger partial charge on any atom is 0.404 e. The van der Waals surface area contributed by atoms with Gasteiger partial charge in [-0.3, -0.25) is 19.6 Å². The number of nitrogens with one attached hydrogen (secondary N) is 1. The van der Waals surface area contributed by atoms with E-state index in [1.165, 1.54) is 0 Å². The molecule has 10 heteroatoms. The van der Waals surface area contributed by atoms with Crippen molar-refractivity contribution in [1.29, 1.82) is 0 Å². The molecule has 1 saturated carbocycles. The average molecular weight is 517 g/mol. The number of anilines is 2. The van der Waals surface area contributed by atoms with Crippen LogP contribution in [0.1, 0.15) is 55.4 Å². The predicted octanol–water partition coefficient (Wildman–Crippen LogP) is 4.58. The maximum absolute atomic E-state index is 13.4. The van der Waals surface area contributed by atoms with E-state index in [1.807, 2.05) is 12.1 Å². The summed E-state index contributed by atoms with van der Waals surface area (Å²) in [4.78, 5) is 27.8. The summed E-state index contributed by atoms with van der Waals surface area (Å²) in [6.07, 6.45) is 4.59. The van der Waals surface area contributed by atoms with Gasteiger partial charge in [-0.05, 0) is 75.8 Å². The van der Waals surface area contributed by atoms with Gasteiger partial charge in [-0.25, -0.2) is 4.98 Å². The Labute approximate surface area is 216 Å². The van der Waals surface area contributed by atoms with E-state index < -0.39 is 12.2 Å². The molecule has 1 unspecified atom stereocenters. The Morgan fingerprint density at radius 2 is 1.62 bits per heavy atom. The van der Waals surface area contributed by atoms with Gasteiger partial charge in [-0.15, -0.1) is 0 Å². The van der Waals surface area contributed by atoms with Crippen molar-refractivity contribution in [3.05, 3.63) is 48.4 Å². The lowest BCUT2D eigenvalue weighted by Crippen LogP contribution is -2.50. The molecule has 0 radical (unpaired) electrons. The van der Waals surface area contributed by atoms with Crippen molar-refractivity contribution in [2.45, 2.75) is 69.2 Å². The van der Waals surface area contributed by atoms with Gasteiger partial charge in [0.2, 0.25) is 0 Å². The number of amides is 1. The summed E-state index contributed by atoms with van der Waals surface area (Å²) >= 11 is 0. The van der Waals surface area contributed by atoms with Gasteiger partial charge in [0.1, 0.15) is 17.6 Å². The van der Waals surface area contributed by atoms with Crippen LogP contribution in [0.2, 0.25) is 0 Å². The lowest BCUT2D eigenvalue weighted by molar-refractivity contribution is -0.182. The van der Waals surface area contributed by atoms with Crippen LogP contribution in [0.25, 0.3) is 0 Å². The Morgan fingerprint density at radius 1 is 0.865 bits per heavy atom. The molecule has 1 aliphatic carbocycles. The minimum atomic E-state index is -4.12. The van der Waals surface area contributed by atoms with Gasteiger partial charge in [0, 0.05) is 56.3 Å². The van der Waals surface area contributed by atoms with E-state index in [2.05, 4.69) is 25.1 Å². The van der Waals surface area contributed by atoms with Gasteiger partial charge in [-0.1, -0.05) is 6.07 Å². The number of carbonyl (C=O) groups is 1. The van der Waals surface area contributed by atoms with Gasteiger partial charge >= 0.3 is 6.18 Å². The fraction of sp³-hybridized carbons (Fsp3) is 0.593. The number of hydrogen-bond donors (Lipinski definition) is 1. The molecule has 0 bridgehead atoms. The van der Waals surface area contributed by atoms with Crippen molar-refractivity contribution in [2.75, 3.05) is 42.9 Å². The van der Waals surface area contributed by atoms with E-state index in [-0.39, 0.29) is 18.4 Å². The topological polar surface area (TPSA) is 64.6 Å². The summed E-state index contributed by atoms with van der Waals surface area (Å²) < 4.78 is 40.3. The first-order chi connectivity index (χ1) is 17.9. The zero-order valence-electron chi connectivity index (χ0n) is 21.0. The lowest BCUT2D eigenvalue weighted by atomic mass is 9.88. The van der Waals surface area contributed by atoms with E-state index in [0.29, 0.717) is 30.4 Å². The molecular weight excluding hydrogens is 481 g/mol. The maximum atomic E-state index is 13.4. The van der Waals surface area contributed by atoms with E-state index in [1.54, 1.807) is 35.5 Å². The molecule has 5 rings (SSSR count). The number of aromatic nitrogens is 2. The molecule has 1 amide bonds. The Kier molecular flexibility index (Phi) is 7.95. The molecule has 2 saturated heterocycles. The molecule has 37 heavy (non-hydrogen) atoms. The van der Waals surface area contributed by atoms with Crippen molar-refractivity contribution in [3.63, 3.8) is 0 Å². The molecule has 0 spiro atoms. The van der Waals surface area contributed by atoms with Gasteiger partial charge < -0.3 is 10.2 Å². The highest BCUT2D eigenvalue weighted by molar-refractivity contribution is 6.03. The molecule has 1 N–H and O–H groups in total. The van der Waals surface area contributed by atoms with Gasteiger partial charge in [0.05, 0.1) is 0 Å². The van der Waals surface area contributed by atoms with Crippen molar-refractivity contribution in [3.8, 4) is 0 Å². The summed E-state index contributed by atoms with van der Waals surface area (Å²) in [5, 5.41) is 2.85. The first kappa shape index (κ1) is 25.9. The minimum Gasteiger partial charge on any atom is -0.355 e. The first-order valence-electron chi connectivity index (χ1n) is 13.4. The molecule has 0 aromatic carbocycles. The quantitative estimate of drug-likeness (QED) is 0.628. The molecular formula is C27H35F3N6O. The van der Waals surface area contributed by atoms with E-state index in [4.69, 9.17) is 0 Å². The Morgan fingerprint density at radius 3 is 2.38 bits per heavy atom. The fourth-order valence-electron chi connectivity index (χ4n) is 6.22. The average Bonchev–Trinajstić information content (AvgIpc) is 3.29. The van der Waals surface area contributed by atoms with Gasteiger partial charge in [0.15, 0.2) is 0 Å². The van der Waals surface area contributed by atoms with Crippen molar-refractivity contribution >= 4 is 17.4 Å². The highest BCUT2D eigenvalue weighted by Crippen LogP contribution is 2.38. The van der Waals surface area contributed by atoms with Crippen LogP contribution in [0.4, 0.5) is 24.7 Å². The second kappa shape index (κ2) is 11.3. The molecule has 2 aliphatic heterocycles. The SMILES string of the molecule is O=C(Nc1ccncc1)c1cccc(N2CCCN(C3CCC(N4CCCC4C(F)(F)F)CC3)CC2)n1. The van der Waals surface area contributed by atoms with Crippen molar-refractivity contribution in [2.24, 2.45) is 0 Å². The normalized spacial score (nSPS) is 26.1. The highest BCUT2D eigenvalue weighted by Gasteiger charge is 2.48. The van der Waals surface area contributed by atoms with Crippen LogP contribution in [0.3, 0.4) is 0 Å². The van der Waals surface area contributed by atoms with Crippen LogP contribution in [0, 0.1) is 0 Å². The predicted molar refractivity (Wildman–Crippen MR) is 137 cm³/mol. The van der Waals surface area contributed by atoms with E-state index in [0.717, 1.165) is 64.1 Å². The second-order valence-corrected chi connectivity index (χ2v) is 10.3. The van der Waals surface area contributed by atoms with Crippen LogP contribution in [0.5, 0.6) is 0 Å². The van der Waals surface area contributed by atoms with Gasteiger partial charge in [-0.2, -0.15) is 13.2 Å². The Balaban J connectivity index is 1.14. The number of hydrogen-bond acceptors (Lipinski definition) is 6. The number of carbonyl (C=O) groups excluding carboxylic acids is 1. The van der Waals surface area contributed by atoms with Crippen LogP contribution in [-0.4, -0.2) is 82.7 Å². The summed E-state index contributed by atoms with van der Waals surface area (Å²) in [5.41, 5.74) is 1.04. The van der Waals surface area contributed by atoms with E-state index in [9.17, 15) is 18.0 Å². The van der Waals surface area contributed by atoms with E-state index >= 15 is 0 Å². The number of halogens is 3. The molecule has 200 valence electrons. The van der Waals surface area contributed by atoms with Crippen LogP contribution in [0.15, 0.2) is 42.7 Å². The standard InChI is InChI=1S/C27H35F3N6O/c28-27(29,30)24-5-2-17-36(24)22-9-7-21(8-10-22)34-15-3-16-35(19-18-34)25-6-1-4-23(33-25)26(37)32-20-11-13-31-14-12-20/h1,4,6,11-14,21-22,24H,2-3,5,7-10,15-19H2,(H,31,32,37). The Bertz CT molecular complexity index is 1040. The number of likely N-dealkylation sites (tertiary alicyclic amines) is 1. The monoisotopic (exact) mass is 516 g/mol. The molecule has 7 nitrogen and oxygen atoms in total. The third kappa shape index (κ3) is 6.23. The third-order valence-corrected chi connectivity index (χ3v) is 8.08. The smallest absolute Gasteiger partial charge is 0.355 e. The summed E-state index contributed by atoms with van der Waals surface area (Å²) in [6, 6.07) is 8.21. The number of rotatable bonds is 5. The second-order valence-electron chi connectivity index (χ2n) is 10.3. The lowest BCUT2D eigenvalue weighted by Gasteiger charge is -2.41. The molecule has 2 aromatic heterocycles. The summed E-state index contributed by atoms with van der Waals surface area (Å²) in [6.45, 7) is 4.10. The van der Waals surface area contributed by atoms with Crippen molar-refractivity contribution < 1.29 is 18.0 Å². The molecule has 2 aromatic rings. The van der Waals surface area contributed by atoms with Crippen LogP contribution in [-0.2, 0) is 0 Å².